The molecule has 0 aliphatic heterocycles. The zero-order valence-corrected chi connectivity index (χ0v) is 11.1. The average Bonchev–Trinajstić information content (AvgIpc) is 3.02. The van der Waals surface area contributed by atoms with Gasteiger partial charge in [-0.15, -0.1) is 0 Å². The Kier molecular flexibility index (Phi) is 3.60. The lowest BCUT2D eigenvalue weighted by Crippen LogP contribution is -2.27. The topological polar surface area (TPSA) is 83.5 Å². The fourth-order valence-electron chi connectivity index (χ4n) is 1.83. The van der Waals surface area contributed by atoms with Crippen molar-refractivity contribution in [3.63, 3.8) is 0 Å². The molecule has 2 N–H and O–H groups in total. The van der Waals surface area contributed by atoms with Gasteiger partial charge in [-0.2, -0.15) is 0 Å². The largest absolute Gasteiger partial charge is 0.478 e. The molecular formula is C12H14FNO4S. The summed E-state index contributed by atoms with van der Waals surface area (Å²) in [7, 11) is -3.93. The fraction of sp³-hybridized carbons (Fsp3) is 0.417. The summed E-state index contributed by atoms with van der Waals surface area (Å²) in [5.74, 6) is -1.57. The van der Waals surface area contributed by atoms with Crippen LogP contribution in [0.1, 0.15) is 23.7 Å². The molecule has 0 aromatic heterocycles. The molecule has 2 atom stereocenters. The SMILES string of the molecule is CC1CC1CNS(=O)(=O)c1ccc(C(=O)O)cc1F. The summed E-state index contributed by atoms with van der Waals surface area (Å²) >= 11 is 0. The molecule has 7 heteroatoms. The van der Waals surface area contributed by atoms with Crippen molar-refractivity contribution >= 4 is 16.0 Å². The van der Waals surface area contributed by atoms with Gasteiger partial charge >= 0.3 is 5.97 Å². The molecule has 19 heavy (non-hydrogen) atoms. The molecule has 104 valence electrons. The van der Waals surface area contributed by atoms with Crippen LogP contribution in [-0.4, -0.2) is 26.0 Å². The van der Waals surface area contributed by atoms with Crippen LogP contribution in [0.15, 0.2) is 23.1 Å². The third-order valence-corrected chi connectivity index (χ3v) is 4.74. The maximum absolute atomic E-state index is 13.6. The number of aromatic carboxylic acids is 1. The Labute approximate surface area is 110 Å². The van der Waals surface area contributed by atoms with E-state index in [1.807, 2.05) is 6.92 Å². The number of rotatable bonds is 5. The summed E-state index contributed by atoms with van der Waals surface area (Å²) in [6.07, 6.45) is 0.961. The van der Waals surface area contributed by atoms with Gasteiger partial charge in [0, 0.05) is 6.54 Å². The molecule has 1 fully saturated rings. The Morgan fingerprint density at radius 2 is 2.16 bits per heavy atom. The van der Waals surface area contributed by atoms with Crippen LogP contribution in [0.5, 0.6) is 0 Å². The normalized spacial score (nSPS) is 22.2. The van der Waals surface area contributed by atoms with E-state index in [9.17, 15) is 17.6 Å². The second kappa shape index (κ2) is 4.90. The highest BCUT2D eigenvalue weighted by atomic mass is 32.2. The molecule has 0 saturated heterocycles. The van der Waals surface area contributed by atoms with Gasteiger partial charge in [0.1, 0.15) is 10.7 Å². The van der Waals surface area contributed by atoms with E-state index in [2.05, 4.69) is 4.72 Å². The first kappa shape index (κ1) is 14.0. The molecule has 1 aliphatic rings. The van der Waals surface area contributed by atoms with E-state index in [0.717, 1.165) is 18.6 Å². The molecule has 0 spiro atoms. The smallest absolute Gasteiger partial charge is 0.335 e. The second-order valence-electron chi connectivity index (χ2n) is 4.78. The first-order valence-electron chi connectivity index (χ1n) is 5.84. The van der Waals surface area contributed by atoms with Gasteiger partial charge in [-0.05, 0) is 36.5 Å². The monoisotopic (exact) mass is 287 g/mol. The Bertz CT molecular complexity index is 614. The molecule has 1 aliphatic carbocycles. The standard InChI is InChI=1S/C12H14FNO4S/c1-7-4-9(7)6-14-19(17,18)11-3-2-8(12(15)16)5-10(11)13/h2-3,5,7,9,14H,4,6H2,1H3,(H,15,16). The van der Waals surface area contributed by atoms with Crippen LogP contribution in [0.3, 0.4) is 0 Å². The molecule has 0 bridgehead atoms. The molecule has 5 nitrogen and oxygen atoms in total. The minimum absolute atomic E-state index is 0.281. The third-order valence-electron chi connectivity index (χ3n) is 3.28. The Balaban J connectivity index is 2.17. The summed E-state index contributed by atoms with van der Waals surface area (Å²) in [4.78, 5) is 10.1. The van der Waals surface area contributed by atoms with Crippen molar-refractivity contribution in [1.82, 2.24) is 4.72 Å². The van der Waals surface area contributed by atoms with Gasteiger partial charge in [-0.1, -0.05) is 6.92 Å². The van der Waals surface area contributed by atoms with Crippen LogP contribution in [0.4, 0.5) is 4.39 Å². The Morgan fingerprint density at radius 1 is 1.53 bits per heavy atom. The summed E-state index contributed by atoms with van der Waals surface area (Å²) in [6, 6.07) is 2.74. The first-order valence-corrected chi connectivity index (χ1v) is 7.32. The van der Waals surface area contributed by atoms with E-state index in [1.165, 1.54) is 0 Å². The number of hydrogen-bond acceptors (Lipinski definition) is 3. The number of halogens is 1. The van der Waals surface area contributed by atoms with E-state index in [1.54, 1.807) is 0 Å². The molecule has 1 aromatic carbocycles. The molecule has 1 saturated carbocycles. The maximum Gasteiger partial charge on any atom is 0.335 e. The van der Waals surface area contributed by atoms with Crippen molar-refractivity contribution in [2.24, 2.45) is 11.8 Å². The van der Waals surface area contributed by atoms with E-state index in [0.29, 0.717) is 17.9 Å². The summed E-state index contributed by atoms with van der Waals surface area (Å²) < 4.78 is 39.7. The lowest BCUT2D eigenvalue weighted by Gasteiger charge is -2.07. The number of carboxylic acids is 1. The second-order valence-corrected chi connectivity index (χ2v) is 6.51. The van der Waals surface area contributed by atoms with E-state index >= 15 is 0 Å². The highest BCUT2D eigenvalue weighted by Crippen LogP contribution is 2.37. The van der Waals surface area contributed by atoms with Gasteiger partial charge in [0.25, 0.3) is 0 Å². The molecular weight excluding hydrogens is 273 g/mol. The number of sulfonamides is 1. The predicted octanol–water partition coefficient (Wildman–Crippen LogP) is 1.46. The van der Waals surface area contributed by atoms with E-state index in [-0.39, 0.29) is 12.1 Å². The first-order chi connectivity index (χ1) is 8.81. The van der Waals surface area contributed by atoms with Crippen molar-refractivity contribution in [2.75, 3.05) is 6.54 Å². The van der Waals surface area contributed by atoms with Crippen molar-refractivity contribution in [3.8, 4) is 0 Å². The van der Waals surface area contributed by atoms with Crippen LogP contribution >= 0.6 is 0 Å². The van der Waals surface area contributed by atoms with Crippen LogP contribution < -0.4 is 4.72 Å². The third kappa shape index (κ3) is 3.10. The van der Waals surface area contributed by atoms with Crippen LogP contribution in [-0.2, 0) is 10.0 Å². The van der Waals surface area contributed by atoms with Crippen LogP contribution in [0.2, 0.25) is 0 Å². The Hall–Kier alpha value is -1.47. The summed E-state index contributed by atoms with van der Waals surface area (Å²) in [5.41, 5.74) is -0.285. The van der Waals surface area contributed by atoms with Crippen molar-refractivity contribution in [1.29, 1.82) is 0 Å². The summed E-state index contributed by atoms with van der Waals surface area (Å²) in [5, 5.41) is 8.68. The van der Waals surface area contributed by atoms with Gasteiger partial charge in [0.05, 0.1) is 5.56 Å². The average molecular weight is 287 g/mol. The van der Waals surface area contributed by atoms with Crippen LogP contribution in [0.25, 0.3) is 0 Å². The quantitative estimate of drug-likeness (QED) is 0.858. The fourth-order valence-corrected chi connectivity index (χ4v) is 2.98. The van der Waals surface area contributed by atoms with Gasteiger partial charge < -0.3 is 5.11 Å². The van der Waals surface area contributed by atoms with Gasteiger partial charge in [-0.25, -0.2) is 22.3 Å². The number of carboxylic acid groups (broad SMARTS) is 1. The number of nitrogens with one attached hydrogen (secondary N) is 1. The summed E-state index contributed by atoms with van der Waals surface area (Å²) in [6.45, 7) is 2.30. The zero-order chi connectivity index (χ0) is 14.2. The molecule has 1 aromatic rings. The molecule has 2 rings (SSSR count). The maximum atomic E-state index is 13.6. The molecule has 0 radical (unpaired) electrons. The molecule has 0 heterocycles. The number of hydrogen-bond donors (Lipinski definition) is 2. The highest BCUT2D eigenvalue weighted by Gasteiger charge is 2.33. The van der Waals surface area contributed by atoms with Crippen LogP contribution in [0, 0.1) is 17.7 Å². The lowest BCUT2D eigenvalue weighted by atomic mass is 10.2. The number of carbonyl (C=O) groups is 1. The number of benzene rings is 1. The predicted molar refractivity (Wildman–Crippen MR) is 65.8 cm³/mol. The lowest BCUT2D eigenvalue weighted by molar-refractivity contribution is 0.0696. The van der Waals surface area contributed by atoms with Gasteiger partial charge in [0.2, 0.25) is 10.0 Å². The van der Waals surface area contributed by atoms with Gasteiger partial charge in [0.15, 0.2) is 0 Å². The van der Waals surface area contributed by atoms with Crippen molar-refractivity contribution in [2.45, 2.75) is 18.2 Å². The minimum atomic E-state index is -3.93. The molecule has 0 amide bonds. The zero-order valence-electron chi connectivity index (χ0n) is 10.3. The van der Waals surface area contributed by atoms with E-state index < -0.39 is 26.7 Å². The van der Waals surface area contributed by atoms with Gasteiger partial charge in [-0.3, -0.25) is 0 Å². The Morgan fingerprint density at radius 3 is 2.63 bits per heavy atom. The van der Waals surface area contributed by atoms with E-state index in [4.69, 9.17) is 5.11 Å². The van der Waals surface area contributed by atoms with Crippen molar-refractivity contribution < 1.29 is 22.7 Å². The van der Waals surface area contributed by atoms with Crippen molar-refractivity contribution in [3.05, 3.63) is 29.6 Å². The molecule has 2 unspecified atom stereocenters. The minimum Gasteiger partial charge on any atom is -0.478 e. The highest BCUT2D eigenvalue weighted by molar-refractivity contribution is 7.89.